The van der Waals surface area contributed by atoms with Crippen molar-refractivity contribution in [1.82, 2.24) is 0 Å². The van der Waals surface area contributed by atoms with E-state index < -0.39 is 0 Å². The van der Waals surface area contributed by atoms with Crippen molar-refractivity contribution in [1.29, 1.82) is 0 Å². The van der Waals surface area contributed by atoms with Crippen molar-refractivity contribution in [2.75, 3.05) is 13.7 Å². The summed E-state index contributed by atoms with van der Waals surface area (Å²) in [4.78, 5) is 0. The van der Waals surface area contributed by atoms with Crippen molar-refractivity contribution in [2.45, 2.75) is 56.3 Å². The Morgan fingerprint density at radius 1 is 1.36 bits per heavy atom. The molecule has 82 valence electrons. The van der Waals surface area contributed by atoms with Crippen LogP contribution in [-0.2, 0) is 9.47 Å². The van der Waals surface area contributed by atoms with Gasteiger partial charge in [-0.25, -0.2) is 0 Å². The molecule has 2 fully saturated rings. The standard InChI is InChI=1S/C11H21NO2/c1-13-11(5-2-3-6-11)10-8-9(12)4-7-14-10/h9-10H,2-8,12H2,1H3. The van der Waals surface area contributed by atoms with Crippen LogP contribution >= 0.6 is 0 Å². The van der Waals surface area contributed by atoms with Gasteiger partial charge in [-0.2, -0.15) is 0 Å². The molecule has 1 aliphatic carbocycles. The van der Waals surface area contributed by atoms with Crippen LogP contribution in [0.2, 0.25) is 0 Å². The average molecular weight is 199 g/mol. The summed E-state index contributed by atoms with van der Waals surface area (Å²) in [6, 6.07) is 0.307. The third-order valence-corrected chi connectivity index (χ3v) is 3.77. The lowest BCUT2D eigenvalue weighted by Crippen LogP contribution is -2.49. The monoisotopic (exact) mass is 199 g/mol. The summed E-state index contributed by atoms with van der Waals surface area (Å²) in [6.07, 6.45) is 7.01. The summed E-state index contributed by atoms with van der Waals surface area (Å²) in [6.45, 7) is 0.803. The van der Waals surface area contributed by atoms with E-state index in [1.54, 1.807) is 0 Å². The molecule has 0 aromatic heterocycles. The Morgan fingerprint density at radius 3 is 2.64 bits per heavy atom. The molecule has 2 unspecified atom stereocenters. The molecule has 1 saturated heterocycles. The zero-order valence-corrected chi connectivity index (χ0v) is 9.00. The van der Waals surface area contributed by atoms with E-state index in [1.165, 1.54) is 12.8 Å². The molecule has 2 N–H and O–H groups in total. The van der Waals surface area contributed by atoms with Gasteiger partial charge in [0.2, 0.25) is 0 Å². The minimum atomic E-state index is -0.0158. The number of rotatable bonds is 2. The molecular formula is C11H21NO2. The Hall–Kier alpha value is -0.120. The van der Waals surface area contributed by atoms with Crippen molar-refractivity contribution >= 4 is 0 Å². The zero-order chi connectivity index (χ0) is 10.0. The number of methoxy groups -OCH3 is 1. The molecule has 2 atom stereocenters. The van der Waals surface area contributed by atoms with Gasteiger partial charge >= 0.3 is 0 Å². The molecule has 2 rings (SSSR count). The quantitative estimate of drug-likeness (QED) is 0.732. The fourth-order valence-electron chi connectivity index (χ4n) is 2.82. The lowest BCUT2D eigenvalue weighted by atomic mass is 9.87. The van der Waals surface area contributed by atoms with Crippen LogP contribution in [-0.4, -0.2) is 31.5 Å². The van der Waals surface area contributed by atoms with Gasteiger partial charge in [0.15, 0.2) is 0 Å². The number of hydrogen-bond acceptors (Lipinski definition) is 3. The van der Waals surface area contributed by atoms with E-state index in [9.17, 15) is 0 Å². The van der Waals surface area contributed by atoms with Gasteiger partial charge in [-0.1, -0.05) is 12.8 Å². The van der Waals surface area contributed by atoms with E-state index in [2.05, 4.69) is 0 Å². The minimum Gasteiger partial charge on any atom is -0.376 e. The summed E-state index contributed by atoms with van der Waals surface area (Å²) in [5.41, 5.74) is 5.95. The first kappa shape index (κ1) is 10.4. The number of ether oxygens (including phenoxy) is 2. The van der Waals surface area contributed by atoms with Crippen LogP contribution in [0, 0.1) is 0 Å². The van der Waals surface area contributed by atoms with Gasteiger partial charge in [0.25, 0.3) is 0 Å². The van der Waals surface area contributed by atoms with Crippen LogP contribution in [0.15, 0.2) is 0 Å². The molecule has 0 spiro atoms. The zero-order valence-electron chi connectivity index (χ0n) is 9.00. The predicted molar refractivity (Wildman–Crippen MR) is 55.2 cm³/mol. The normalized spacial score (nSPS) is 37.3. The maximum atomic E-state index is 5.97. The Bertz CT molecular complexity index is 190. The van der Waals surface area contributed by atoms with Crippen LogP contribution in [0.1, 0.15) is 38.5 Å². The Labute approximate surface area is 85.9 Å². The first-order valence-electron chi connectivity index (χ1n) is 5.69. The summed E-state index contributed by atoms with van der Waals surface area (Å²) in [5, 5.41) is 0. The highest BCUT2D eigenvalue weighted by atomic mass is 16.5. The molecule has 14 heavy (non-hydrogen) atoms. The maximum Gasteiger partial charge on any atom is 0.0939 e. The molecule has 1 aliphatic heterocycles. The van der Waals surface area contributed by atoms with Crippen LogP contribution in [0.4, 0.5) is 0 Å². The molecule has 0 amide bonds. The molecule has 0 aromatic rings. The Morgan fingerprint density at radius 2 is 2.07 bits per heavy atom. The van der Waals surface area contributed by atoms with Crippen molar-refractivity contribution in [2.24, 2.45) is 5.73 Å². The maximum absolute atomic E-state index is 5.97. The molecular weight excluding hydrogens is 178 g/mol. The van der Waals surface area contributed by atoms with Crippen LogP contribution in [0.25, 0.3) is 0 Å². The fourth-order valence-corrected chi connectivity index (χ4v) is 2.82. The summed E-state index contributed by atoms with van der Waals surface area (Å²) in [5.74, 6) is 0. The highest BCUT2D eigenvalue weighted by molar-refractivity contribution is 4.96. The predicted octanol–water partition coefficient (Wildman–Crippen LogP) is 1.45. The molecule has 0 aromatic carbocycles. The molecule has 2 aliphatic rings. The van der Waals surface area contributed by atoms with Gasteiger partial charge in [-0.3, -0.25) is 0 Å². The lowest BCUT2D eigenvalue weighted by Gasteiger charge is -2.40. The average Bonchev–Trinajstić information content (AvgIpc) is 2.67. The highest BCUT2D eigenvalue weighted by Crippen LogP contribution is 2.39. The molecule has 0 radical (unpaired) electrons. The van der Waals surface area contributed by atoms with Crippen LogP contribution in [0.5, 0.6) is 0 Å². The van der Waals surface area contributed by atoms with Gasteiger partial charge in [0, 0.05) is 19.8 Å². The van der Waals surface area contributed by atoms with Crippen LogP contribution < -0.4 is 5.73 Å². The van der Waals surface area contributed by atoms with Gasteiger partial charge in [0.05, 0.1) is 11.7 Å². The molecule has 3 heteroatoms. The van der Waals surface area contributed by atoms with Crippen molar-refractivity contribution in [3.63, 3.8) is 0 Å². The third-order valence-electron chi connectivity index (χ3n) is 3.77. The van der Waals surface area contributed by atoms with Crippen molar-refractivity contribution < 1.29 is 9.47 Å². The fraction of sp³-hybridized carbons (Fsp3) is 1.00. The van der Waals surface area contributed by atoms with E-state index in [-0.39, 0.29) is 11.7 Å². The largest absolute Gasteiger partial charge is 0.376 e. The Balaban J connectivity index is 2.03. The summed E-state index contributed by atoms with van der Waals surface area (Å²) < 4.78 is 11.5. The first-order valence-corrected chi connectivity index (χ1v) is 5.69. The number of nitrogens with two attached hydrogens (primary N) is 1. The van der Waals surface area contributed by atoms with Gasteiger partial charge in [0.1, 0.15) is 0 Å². The van der Waals surface area contributed by atoms with Crippen molar-refractivity contribution in [3.8, 4) is 0 Å². The summed E-state index contributed by atoms with van der Waals surface area (Å²) in [7, 11) is 1.81. The van der Waals surface area contributed by atoms with E-state index in [4.69, 9.17) is 15.2 Å². The van der Waals surface area contributed by atoms with E-state index in [1.807, 2.05) is 7.11 Å². The lowest BCUT2D eigenvalue weighted by molar-refractivity contribution is -0.144. The smallest absolute Gasteiger partial charge is 0.0939 e. The second-order valence-corrected chi connectivity index (χ2v) is 4.62. The van der Waals surface area contributed by atoms with Gasteiger partial charge in [-0.15, -0.1) is 0 Å². The Kier molecular flexibility index (Phi) is 3.10. The molecule has 0 bridgehead atoms. The van der Waals surface area contributed by atoms with E-state index >= 15 is 0 Å². The first-order chi connectivity index (χ1) is 6.77. The minimum absolute atomic E-state index is 0.0158. The number of hydrogen-bond donors (Lipinski definition) is 1. The molecule has 3 nitrogen and oxygen atoms in total. The molecule has 1 heterocycles. The SMILES string of the molecule is COC1(C2CC(N)CCO2)CCCC1. The molecule has 1 saturated carbocycles. The van der Waals surface area contributed by atoms with E-state index in [0.717, 1.165) is 32.3 Å². The van der Waals surface area contributed by atoms with Crippen LogP contribution in [0.3, 0.4) is 0 Å². The topological polar surface area (TPSA) is 44.5 Å². The van der Waals surface area contributed by atoms with Gasteiger partial charge in [-0.05, 0) is 25.7 Å². The van der Waals surface area contributed by atoms with Crippen molar-refractivity contribution in [3.05, 3.63) is 0 Å². The van der Waals surface area contributed by atoms with Gasteiger partial charge < -0.3 is 15.2 Å². The second-order valence-electron chi connectivity index (χ2n) is 4.62. The van der Waals surface area contributed by atoms with E-state index in [0.29, 0.717) is 6.04 Å². The summed E-state index contributed by atoms with van der Waals surface area (Å²) >= 11 is 0. The second kappa shape index (κ2) is 4.17. The highest BCUT2D eigenvalue weighted by Gasteiger charge is 2.44. The third kappa shape index (κ3) is 1.81.